The summed E-state index contributed by atoms with van der Waals surface area (Å²) in [5.74, 6) is 2.38. The summed E-state index contributed by atoms with van der Waals surface area (Å²) in [5, 5.41) is 2.33. The van der Waals surface area contributed by atoms with Gasteiger partial charge in [-0.3, -0.25) is 13.7 Å². The Morgan fingerprint density at radius 3 is 2.08 bits per heavy atom. The van der Waals surface area contributed by atoms with E-state index in [-0.39, 0.29) is 0 Å². The van der Waals surface area contributed by atoms with Crippen LogP contribution in [0.15, 0.2) is 116 Å². The van der Waals surface area contributed by atoms with Crippen LogP contribution in [0.25, 0.3) is 50.1 Å². The van der Waals surface area contributed by atoms with E-state index in [1.54, 1.807) is 0 Å². The zero-order chi connectivity index (χ0) is 34.7. The number of pyridine rings is 1. The maximum absolute atomic E-state index is 6.57. The van der Waals surface area contributed by atoms with Gasteiger partial charge in [0.15, 0.2) is 0 Å². The monoisotopic (exact) mass is 652 g/mol. The van der Waals surface area contributed by atoms with Gasteiger partial charge in [0.1, 0.15) is 17.3 Å². The Bertz CT molecular complexity index is 2550. The highest BCUT2D eigenvalue weighted by atomic mass is 16.5. The minimum absolute atomic E-state index is 0.752. The van der Waals surface area contributed by atoms with Gasteiger partial charge in [0.05, 0.1) is 22.4 Å². The summed E-state index contributed by atoms with van der Waals surface area (Å²) < 4.78 is 12.9. The van der Waals surface area contributed by atoms with E-state index in [0.717, 1.165) is 45.0 Å². The van der Waals surface area contributed by atoms with Crippen LogP contribution in [0, 0.1) is 54.8 Å². The molecule has 3 aromatic heterocycles. The normalized spacial score (nSPS) is 11.5. The largest absolute Gasteiger partial charge is 0.458 e. The topological polar surface area (TPSA) is 35.9 Å². The first-order chi connectivity index (χ1) is 24.2. The fourth-order valence-corrected chi connectivity index (χ4v) is 7.49. The number of ether oxygens (including phenoxy) is 1. The molecule has 0 aliphatic rings. The number of imidazole rings is 1. The SMILES string of the molecule is Cc1cccc(C)c1-c1ccnc(-n2c3ccccc3c3ccc(Oc4cccc(-n5[c-][n+](-c6c(C)c(C)c(C)c(C)c6C)cc5)c4)cc32)c1. The average Bonchev–Trinajstić information content (AvgIpc) is 3.73. The van der Waals surface area contributed by atoms with Crippen LogP contribution in [0.2, 0.25) is 0 Å². The van der Waals surface area contributed by atoms with Crippen molar-refractivity contribution in [3.8, 4) is 39.8 Å². The second kappa shape index (κ2) is 12.2. The highest BCUT2D eigenvalue weighted by Gasteiger charge is 2.17. The Hall–Kier alpha value is -5.94. The molecule has 0 atom stereocenters. The molecule has 8 aromatic rings. The van der Waals surface area contributed by atoms with Crippen LogP contribution in [-0.4, -0.2) is 14.1 Å². The first-order valence-corrected chi connectivity index (χ1v) is 17.1. The van der Waals surface area contributed by atoms with Crippen molar-refractivity contribution in [1.82, 2.24) is 14.1 Å². The number of aryl methyl sites for hydroxylation is 2. The van der Waals surface area contributed by atoms with Gasteiger partial charge in [0.25, 0.3) is 6.33 Å². The van der Waals surface area contributed by atoms with Crippen molar-refractivity contribution in [1.29, 1.82) is 0 Å². The number of benzene rings is 5. The highest BCUT2D eigenvalue weighted by Crippen LogP contribution is 2.36. The number of rotatable bonds is 6. The van der Waals surface area contributed by atoms with Crippen LogP contribution < -0.4 is 9.30 Å². The summed E-state index contributed by atoms with van der Waals surface area (Å²) in [6.07, 6.45) is 9.58. The molecule has 5 heteroatoms. The second-order valence-corrected chi connectivity index (χ2v) is 13.4. The molecule has 0 spiro atoms. The fourth-order valence-electron chi connectivity index (χ4n) is 7.49. The minimum Gasteiger partial charge on any atom is -0.458 e. The lowest BCUT2D eigenvalue weighted by molar-refractivity contribution is -0.600. The van der Waals surface area contributed by atoms with E-state index >= 15 is 0 Å². The lowest BCUT2D eigenvalue weighted by Crippen LogP contribution is -2.31. The molecule has 0 aliphatic carbocycles. The molecule has 0 saturated heterocycles. The molecule has 0 aliphatic heterocycles. The number of hydrogen-bond donors (Lipinski definition) is 0. The summed E-state index contributed by atoms with van der Waals surface area (Å²) in [7, 11) is 0. The van der Waals surface area contributed by atoms with Gasteiger partial charge >= 0.3 is 0 Å². The zero-order valence-corrected chi connectivity index (χ0v) is 29.7. The summed E-state index contributed by atoms with van der Waals surface area (Å²) in [6.45, 7) is 15.3. The van der Waals surface area contributed by atoms with Crippen LogP contribution in [0.1, 0.15) is 38.9 Å². The van der Waals surface area contributed by atoms with Crippen molar-refractivity contribution in [2.24, 2.45) is 0 Å². The van der Waals surface area contributed by atoms with Gasteiger partial charge in [0.2, 0.25) is 0 Å². The van der Waals surface area contributed by atoms with Crippen LogP contribution in [-0.2, 0) is 0 Å². The molecule has 246 valence electrons. The van der Waals surface area contributed by atoms with Crippen molar-refractivity contribution < 1.29 is 9.30 Å². The van der Waals surface area contributed by atoms with E-state index in [4.69, 9.17) is 9.72 Å². The van der Waals surface area contributed by atoms with Gasteiger partial charge in [-0.05, 0) is 147 Å². The summed E-state index contributed by atoms with van der Waals surface area (Å²) in [5.41, 5.74) is 15.8. The standard InChI is InChI=1S/C45H40N4O/c1-28-12-10-13-29(2)44(28)35-20-21-46-43(24-35)49-41-17-9-8-16-39(41)40-19-18-38(26-42(40)49)50-37-15-11-14-36(25-37)47-22-23-48(27-47)45-33(6)31(4)30(3)32(5)34(45)7/h8-26H,1-7H3. The third kappa shape index (κ3) is 5.17. The fraction of sp³-hybridized carbons (Fsp3) is 0.156. The highest BCUT2D eigenvalue weighted by molar-refractivity contribution is 6.09. The van der Waals surface area contributed by atoms with Crippen molar-refractivity contribution >= 4 is 21.8 Å². The second-order valence-electron chi connectivity index (χ2n) is 13.4. The third-order valence-corrected chi connectivity index (χ3v) is 10.5. The smallest absolute Gasteiger partial charge is 0.268 e. The number of fused-ring (bicyclic) bond motifs is 3. The quantitative estimate of drug-likeness (QED) is 0.132. The maximum atomic E-state index is 6.57. The van der Waals surface area contributed by atoms with E-state index in [1.165, 1.54) is 55.6 Å². The van der Waals surface area contributed by atoms with E-state index in [2.05, 4.69) is 155 Å². The molecular formula is C45H40N4O. The van der Waals surface area contributed by atoms with Crippen molar-refractivity contribution in [3.05, 3.63) is 161 Å². The lowest BCUT2D eigenvalue weighted by atomic mass is 9.93. The van der Waals surface area contributed by atoms with Gasteiger partial charge in [-0.25, -0.2) is 4.98 Å². The number of nitrogens with zero attached hydrogens (tertiary/aromatic N) is 4. The molecular weight excluding hydrogens is 613 g/mol. The third-order valence-electron chi connectivity index (χ3n) is 10.5. The Balaban J connectivity index is 1.17. The van der Waals surface area contributed by atoms with Gasteiger partial charge in [-0.2, -0.15) is 0 Å². The predicted molar refractivity (Wildman–Crippen MR) is 203 cm³/mol. The molecule has 8 rings (SSSR count). The molecule has 0 amide bonds. The molecule has 0 saturated carbocycles. The Kier molecular flexibility index (Phi) is 7.64. The van der Waals surface area contributed by atoms with E-state index in [0.29, 0.717) is 0 Å². The van der Waals surface area contributed by atoms with Gasteiger partial charge < -0.3 is 4.74 Å². The molecule has 50 heavy (non-hydrogen) atoms. The number of hydrogen-bond acceptors (Lipinski definition) is 2. The minimum atomic E-state index is 0.752. The summed E-state index contributed by atoms with van der Waals surface area (Å²) in [4.78, 5) is 4.89. The molecule has 5 nitrogen and oxygen atoms in total. The number of aromatic nitrogens is 4. The van der Waals surface area contributed by atoms with Gasteiger partial charge in [-0.1, -0.05) is 42.5 Å². The first kappa shape index (κ1) is 31.3. The van der Waals surface area contributed by atoms with E-state index in [9.17, 15) is 0 Å². The van der Waals surface area contributed by atoms with Crippen LogP contribution >= 0.6 is 0 Å². The Labute approximate surface area is 293 Å². The molecule has 3 heterocycles. The van der Waals surface area contributed by atoms with Gasteiger partial charge in [0, 0.05) is 35.4 Å². The summed E-state index contributed by atoms with van der Waals surface area (Å²) in [6, 6.07) is 33.7. The first-order valence-electron chi connectivity index (χ1n) is 17.1. The predicted octanol–water partition coefficient (Wildman–Crippen LogP) is 10.7. The average molecular weight is 653 g/mol. The van der Waals surface area contributed by atoms with Crippen molar-refractivity contribution in [2.45, 2.75) is 48.5 Å². The summed E-state index contributed by atoms with van der Waals surface area (Å²) >= 11 is 0. The Morgan fingerprint density at radius 1 is 0.620 bits per heavy atom. The molecule has 0 radical (unpaired) electrons. The molecule has 0 unspecified atom stereocenters. The van der Waals surface area contributed by atoms with Crippen LogP contribution in [0.5, 0.6) is 11.5 Å². The lowest BCUT2D eigenvalue weighted by Gasteiger charge is -2.18. The Morgan fingerprint density at radius 2 is 1.30 bits per heavy atom. The van der Waals surface area contributed by atoms with E-state index < -0.39 is 0 Å². The zero-order valence-electron chi connectivity index (χ0n) is 29.7. The van der Waals surface area contributed by atoms with E-state index in [1.807, 2.05) is 29.1 Å². The molecule has 0 fully saturated rings. The van der Waals surface area contributed by atoms with Crippen LogP contribution in [0.3, 0.4) is 0 Å². The molecule has 5 aromatic carbocycles. The van der Waals surface area contributed by atoms with Gasteiger partial charge in [-0.15, -0.1) is 0 Å². The van der Waals surface area contributed by atoms with Crippen molar-refractivity contribution in [2.75, 3.05) is 0 Å². The maximum Gasteiger partial charge on any atom is 0.268 e. The van der Waals surface area contributed by atoms with Crippen LogP contribution in [0.4, 0.5) is 0 Å². The number of para-hydroxylation sites is 1. The van der Waals surface area contributed by atoms with Crippen molar-refractivity contribution in [3.63, 3.8) is 0 Å². The molecule has 0 bridgehead atoms. The molecule has 0 N–H and O–H groups in total.